The third kappa shape index (κ3) is 0.704. The fourth-order valence-electron chi connectivity index (χ4n) is 1.47. The zero-order valence-corrected chi connectivity index (χ0v) is 5.13. The maximum atomic E-state index is 10.9. The average Bonchev–Trinajstić information content (AvgIpc) is 2.25. The lowest BCUT2D eigenvalue weighted by atomic mass is 10.1. The lowest BCUT2D eigenvalue weighted by Gasteiger charge is -2.12. The van der Waals surface area contributed by atoms with Crippen LogP contribution in [-0.2, 0) is 4.79 Å². The standard InChI is InChI=1S/C7H9NO/c9-7-4-2-5-1-3-6(7)8-5/h2,4-6,8H,1,3H2. The van der Waals surface area contributed by atoms with Crippen molar-refractivity contribution in [3.63, 3.8) is 0 Å². The van der Waals surface area contributed by atoms with Crippen LogP contribution in [0.4, 0.5) is 0 Å². The molecule has 0 aromatic rings. The Hall–Kier alpha value is -0.630. The molecule has 2 atom stereocenters. The summed E-state index contributed by atoms with van der Waals surface area (Å²) in [5.74, 6) is 0.253. The van der Waals surface area contributed by atoms with Crippen molar-refractivity contribution in [2.75, 3.05) is 0 Å². The largest absolute Gasteiger partial charge is 0.301 e. The first-order chi connectivity index (χ1) is 4.36. The maximum absolute atomic E-state index is 10.9. The van der Waals surface area contributed by atoms with Gasteiger partial charge in [-0.15, -0.1) is 0 Å². The molecule has 2 bridgehead atoms. The molecular weight excluding hydrogens is 114 g/mol. The number of fused-ring (bicyclic) bond motifs is 2. The van der Waals surface area contributed by atoms with Crippen LogP contribution in [0.1, 0.15) is 12.8 Å². The van der Waals surface area contributed by atoms with Gasteiger partial charge in [-0.1, -0.05) is 6.08 Å². The summed E-state index contributed by atoms with van der Waals surface area (Å²) in [4.78, 5) is 10.9. The normalized spacial score (nSPS) is 39.8. The molecule has 0 aromatic carbocycles. The van der Waals surface area contributed by atoms with Crippen LogP contribution in [0.15, 0.2) is 12.2 Å². The van der Waals surface area contributed by atoms with Crippen molar-refractivity contribution >= 4 is 5.78 Å². The summed E-state index contributed by atoms with van der Waals surface area (Å²) < 4.78 is 0. The van der Waals surface area contributed by atoms with Crippen molar-refractivity contribution in [2.45, 2.75) is 24.9 Å². The van der Waals surface area contributed by atoms with E-state index in [2.05, 4.69) is 5.32 Å². The predicted molar refractivity (Wildman–Crippen MR) is 34.1 cm³/mol. The third-order valence-electron chi connectivity index (χ3n) is 2.02. The molecule has 2 heterocycles. The first-order valence-corrected chi connectivity index (χ1v) is 3.34. The van der Waals surface area contributed by atoms with Crippen LogP contribution in [0.3, 0.4) is 0 Å². The Morgan fingerprint density at radius 2 is 2.44 bits per heavy atom. The quantitative estimate of drug-likeness (QED) is 0.500. The van der Waals surface area contributed by atoms with E-state index in [-0.39, 0.29) is 11.8 Å². The van der Waals surface area contributed by atoms with Crippen molar-refractivity contribution < 1.29 is 4.79 Å². The number of hydrogen-bond acceptors (Lipinski definition) is 2. The Bertz CT molecular complexity index is 174. The first kappa shape index (κ1) is 5.18. The molecule has 9 heavy (non-hydrogen) atoms. The van der Waals surface area contributed by atoms with Crippen LogP contribution in [0.2, 0.25) is 0 Å². The highest BCUT2D eigenvalue weighted by Crippen LogP contribution is 2.18. The highest BCUT2D eigenvalue weighted by Gasteiger charge is 2.29. The summed E-state index contributed by atoms with van der Waals surface area (Å²) in [7, 11) is 0. The first-order valence-electron chi connectivity index (χ1n) is 3.34. The van der Waals surface area contributed by atoms with Crippen LogP contribution < -0.4 is 5.32 Å². The van der Waals surface area contributed by atoms with Gasteiger partial charge in [-0.3, -0.25) is 4.79 Å². The molecule has 0 aliphatic carbocycles. The minimum absolute atomic E-state index is 0.153. The molecule has 1 fully saturated rings. The molecule has 1 saturated heterocycles. The molecule has 2 unspecified atom stereocenters. The Morgan fingerprint density at radius 1 is 1.56 bits per heavy atom. The van der Waals surface area contributed by atoms with E-state index in [1.165, 1.54) is 0 Å². The van der Waals surface area contributed by atoms with Crippen LogP contribution >= 0.6 is 0 Å². The van der Waals surface area contributed by atoms with Crippen LogP contribution in [0.5, 0.6) is 0 Å². The summed E-state index contributed by atoms with van der Waals surface area (Å²) >= 11 is 0. The van der Waals surface area contributed by atoms with Crippen molar-refractivity contribution in [1.82, 2.24) is 5.32 Å². The number of carbonyl (C=O) groups excluding carboxylic acids is 1. The van der Waals surface area contributed by atoms with E-state index in [0.717, 1.165) is 12.8 Å². The van der Waals surface area contributed by atoms with Crippen LogP contribution in [0.25, 0.3) is 0 Å². The fourth-order valence-corrected chi connectivity index (χ4v) is 1.47. The second-order valence-corrected chi connectivity index (χ2v) is 2.66. The molecule has 0 spiro atoms. The summed E-state index contributed by atoms with van der Waals surface area (Å²) in [5, 5.41) is 3.20. The van der Waals surface area contributed by atoms with Gasteiger partial charge in [0.25, 0.3) is 0 Å². The highest BCUT2D eigenvalue weighted by atomic mass is 16.1. The van der Waals surface area contributed by atoms with Gasteiger partial charge in [-0.05, 0) is 18.9 Å². The van der Waals surface area contributed by atoms with E-state index < -0.39 is 0 Å². The molecule has 48 valence electrons. The van der Waals surface area contributed by atoms with Gasteiger partial charge < -0.3 is 5.32 Å². The van der Waals surface area contributed by atoms with E-state index in [9.17, 15) is 4.79 Å². The molecule has 2 rings (SSSR count). The average molecular weight is 123 g/mol. The van der Waals surface area contributed by atoms with Gasteiger partial charge in [0.2, 0.25) is 0 Å². The Labute approximate surface area is 53.9 Å². The predicted octanol–water partition coefficient (Wildman–Crippen LogP) is 0.246. The van der Waals surface area contributed by atoms with Gasteiger partial charge in [0.15, 0.2) is 5.78 Å². The molecule has 2 aliphatic rings. The molecule has 2 nitrogen and oxygen atoms in total. The van der Waals surface area contributed by atoms with E-state index >= 15 is 0 Å². The second-order valence-electron chi connectivity index (χ2n) is 2.66. The number of hydrogen-bond donors (Lipinski definition) is 1. The number of ketones is 1. The summed E-state index contributed by atoms with van der Waals surface area (Å²) in [6, 6.07) is 0.646. The van der Waals surface area contributed by atoms with E-state index in [4.69, 9.17) is 0 Å². The van der Waals surface area contributed by atoms with Gasteiger partial charge in [0.05, 0.1) is 6.04 Å². The zero-order chi connectivity index (χ0) is 6.27. The Kier molecular flexibility index (Phi) is 0.963. The molecule has 0 saturated carbocycles. The van der Waals surface area contributed by atoms with Crippen molar-refractivity contribution in [1.29, 1.82) is 0 Å². The SMILES string of the molecule is O=C1C=CC2CCC1N2. The lowest BCUT2D eigenvalue weighted by molar-refractivity contribution is -0.116. The van der Waals surface area contributed by atoms with E-state index in [1.54, 1.807) is 6.08 Å². The summed E-state index contributed by atoms with van der Waals surface area (Å²) in [6.07, 6.45) is 5.83. The van der Waals surface area contributed by atoms with Gasteiger partial charge in [-0.25, -0.2) is 0 Å². The number of rotatable bonds is 0. The van der Waals surface area contributed by atoms with E-state index in [0.29, 0.717) is 6.04 Å². The van der Waals surface area contributed by atoms with Crippen molar-refractivity contribution in [2.24, 2.45) is 0 Å². The molecule has 2 aliphatic heterocycles. The molecule has 1 N–H and O–H groups in total. The zero-order valence-electron chi connectivity index (χ0n) is 5.13. The van der Waals surface area contributed by atoms with Gasteiger partial charge in [-0.2, -0.15) is 0 Å². The monoisotopic (exact) mass is 123 g/mol. The van der Waals surface area contributed by atoms with Crippen LogP contribution in [0, 0.1) is 0 Å². The molecule has 0 radical (unpaired) electrons. The topological polar surface area (TPSA) is 29.1 Å². The van der Waals surface area contributed by atoms with Crippen LogP contribution in [-0.4, -0.2) is 17.9 Å². The van der Waals surface area contributed by atoms with Crippen molar-refractivity contribution in [3.8, 4) is 0 Å². The summed E-state index contributed by atoms with van der Waals surface area (Å²) in [6.45, 7) is 0. The third-order valence-corrected chi connectivity index (χ3v) is 2.02. The minimum atomic E-state index is 0.153. The van der Waals surface area contributed by atoms with Gasteiger partial charge >= 0.3 is 0 Å². The minimum Gasteiger partial charge on any atom is -0.301 e. The Balaban J connectivity index is 2.29. The fraction of sp³-hybridized carbons (Fsp3) is 0.571. The lowest BCUT2D eigenvalue weighted by Crippen LogP contribution is -2.37. The number of carbonyl (C=O) groups is 1. The molecule has 0 aromatic heterocycles. The van der Waals surface area contributed by atoms with Gasteiger partial charge in [0, 0.05) is 6.04 Å². The Morgan fingerprint density at radius 3 is 3.22 bits per heavy atom. The summed E-state index contributed by atoms with van der Waals surface area (Å²) in [5.41, 5.74) is 0. The van der Waals surface area contributed by atoms with Crippen molar-refractivity contribution in [3.05, 3.63) is 12.2 Å². The van der Waals surface area contributed by atoms with E-state index in [1.807, 2.05) is 6.08 Å². The smallest absolute Gasteiger partial charge is 0.172 e. The second kappa shape index (κ2) is 1.67. The molecule has 2 heteroatoms. The maximum Gasteiger partial charge on any atom is 0.172 e. The number of nitrogens with one attached hydrogen (secondary N) is 1. The molecular formula is C7H9NO. The van der Waals surface area contributed by atoms with Gasteiger partial charge in [0.1, 0.15) is 0 Å². The highest BCUT2D eigenvalue weighted by molar-refractivity contribution is 5.95. The molecule has 0 amide bonds.